The van der Waals surface area contributed by atoms with E-state index in [4.69, 9.17) is 9.47 Å². The zero-order valence-electron chi connectivity index (χ0n) is 17.0. The average Bonchev–Trinajstić information content (AvgIpc) is 2.78. The summed E-state index contributed by atoms with van der Waals surface area (Å²) in [6.45, 7) is 2.68. The minimum Gasteiger partial charge on any atom is -0.495 e. The Hall–Kier alpha value is -3.80. The first kappa shape index (κ1) is 20.9. The normalized spacial score (nSPS) is 10.2. The molecule has 0 aromatic heterocycles. The Bertz CT molecular complexity index is 998. The fourth-order valence-corrected chi connectivity index (χ4v) is 2.77. The summed E-state index contributed by atoms with van der Waals surface area (Å²) >= 11 is 0. The van der Waals surface area contributed by atoms with E-state index >= 15 is 0 Å². The number of nitrogens with one attached hydrogen (secondary N) is 2. The van der Waals surface area contributed by atoms with Gasteiger partial charge in [0.05, 0.1) is 19.4 Å². The van der Waals surface area contributed by atoms with Gasteiger partial charge in [-0.05, 0) is 67.1 Å². The molecule has 3 aromatic rings. The first-order chi connectivity index (χ1) is 14.6. The molecule has 0 radical (unpaired) electrons. The van der Waals surface area contributed by atoms with Crippen molar-refractivity contribution in [3.63, 3.8) is 0 Å². The van der Waals surface area contributed by atoms with Crippen LogP contribution >= 0.6 is 0 Å². The topological polar surface area (TPSA) is 76.7 Å². The van der Waals surface area contributed by atoms with Crippen molar-refractivity contribution in [1.82, 2.24) is 0 Å². The Balaban J connectivity index is 1.61. The molecule has 0 aliphatic rings. The Kier molecular flexibility index (Phi) is 7.05. The number of benzene rings is 3. The molecule has 0 fully saturated rings. The van der Waals surface area contributed by atoms with Gasteiger partial charge in [0.1, 0.15) is 11.5 Å². The molecule has 0 spiro atoms. The highest BCUT2D eigenvalue weighted by Gasteiger charge is 2.11. The smallest absolute Gasteiger partial charge is 0.255 e. The van der Waals surface area contributed by atoms with Gasteiger partial charge in [0.2, 0.25) is 0 Å². The fourth-order valence-electron chi connectivity index (χ4n) is 2.77. The first-order valence-electron chi connectivity index (χ1n) is 9.69. The lowest BCUT2D eigenvalue weighted by molar-refractivity contribution is 0.101. The predicted molar refractivity (Wildman–Crippen MR) is 118 cm³/mol. The van der Waals surface area contributed by atoms with Gasteiger partial charge in [-0.15, -0.1) is 0 Å². The number of para-hydroxylation sites is 2. The Labute approximate surface area is 175 Å². The van der Waals surface area contributed by atoms with Crippen LogP contribution in [0.25, 0.3) is 0 Å². The minimum atomic E-state index is -0.264. The number of methoxy groups -OCH3 is 1. The highest BCUT2D eigenvalue weighted by molar-refractivity contribution is 6.06. The van der Waals surface area contributed by atoms with E-state index in [-0.39, 0.29) is 11.8 Å². The van der Waals surface area contributed by atoms with Crippen LogP contribution in [0, 0.1) is 0 Å². The number of ether oxygens (including phenoxy) is 2. The molecule has 6 nitrogen and oxygen atoms in total. The molecule has 0 saturated heterocycles. The molecular weight excluding hydrogens is 380 g/mol. The first-order valence-corrected chi connectivity index (χ1v) is 9.69. The van der Waals surface area contributed by atoms with Gasteiger partial charge in [-0.2, -0.15) is 0 Å². The second-order valence-electron chi connectivity index (χ2n) is 6.56. The van der Waals surface area contributed by atoms with Crippen molar-refractivity contribution in [3.8, 4) is 11.5 Å². The van der Waals surface area contributed by atoms with Gasteiger partial charge in [0, 0.05) is 16.8 Å². The third-order valence-corrected chi connectivity index (χ3v) is 4.35. The Morgan fingerprint density at radius 2 is 1.40 bits per heavy atom. The zero-order chi connectivity index (χ0) is 21.3. The lowest BCUT2D eigenvalue weighted by atomic mass is 10.1. The molecule has 0 aliphatic carbocycles. The summed E-state index contributed by atoms with van der Waals surface area (Å²) in [5.74, 6) is 0.822. The number of hydrogen-bond acceptors (Lipinski definition) is 4. The van der Waals surface area contributed by atoms with Gasteiger partial charge in [-0.1, -0.05) is 19.1 Å². The molecule has 0 unspecified atom stereocenters. The van der Waals surface area contributed by atoms with Crippen LogP contribution in [-0.4, -0.2) is 25.5 Å². The maximum absolute atomic E-state index is 12.5. The number of carbonyl (C=O) groups excluding carboxylic acids is 2. The highest BCUT2D eigenvalue weighted by atomic mass is 16.5. The molecule has 0 saturated carbocycles. The van der Waals surface area contributed by atoms with Crippen LogP contribution in [0.5, 0.6) is 11.5 Å². The fraction of sp³-hybridized carbons (Fsp3) is 0.167. The Morgan fingerprint density at radius 1 is 0.800 bits per heavy atom. The number of rotatable bonds is 8. The van der Waals surface area contributed by atoms with Crippen molar-refractivity contribution in [2.24, 2.45) is 0 Å². The third-order valence-electron chi connectivity index (χ3n) is 4.35. The van der Waals surface area contributed by atoms with E-state index in [9.17, 15) is 9.59 Å². The lowest BCUT2D eigenvalue weighted by Crippen LogP contribution is -2.14. The van der Waals surface area contributed by atoms with Crippen molar-refractivity contribution in [3.05, 3.63) is 83.9 Å². The van der Waals surface area contributed by atoms with Crippen molar-refractivity contribution in [2.75, 3.05) is 24.4 Å². The van der Waals surface area contributed by atoms with E-state index in [1.807, 2.05) is 19.1 Å². The average molecular weight is 404 g/mol. The molecule has 2 amide bonds. The second kappa shape index (κ2) is 10.1. The molecule has 3 rings (SSSR count). The van der Waals surface area contributed by atoms with Gasteiger partial charge in [0.25, 0.3) is 11.8 Å². The van der Waals surface area contributed by atoms with E-state index in [1.165, 1.54) is 0 Å². The third kappa shape index (κ3) is 5.38. The van der Waals surface area contributed by atoms with Gasteiger partial charge < -0.3 is 20.1 Å². The summed E-state index contributed by atoms with van der Waals surface area (Å²) in [6, 6.07) is 20.9. The summed E-state index contributed by atoms with van der Waals surface area (Å²) in [5, 5.41) is 5.64. The van der Waals surface area contributed by atoms with Gasteiger partial charge in [-0.3, -0.25) is 9.59 Å². The molecule has 30 heavy (non-hydrogen) atoms. The van der Waals surface area contributed by atoms with Crippen LogP contribution in [0.3, 0.4) is 0 Å². The van der Waals surface area contributed by atoms with Crippen molar-refractivity contribution in [2.45, 2.75) is 13.3 Å². The van der Waals surface area contributed by atoms with Crippen LogP contribution in [0.2, 0.25) is 0 Å². The van der Waals surface area contributed by atoms with Gasteiger partial charge in [-0.25, -0.2) is 0 Å². The van der Waals surface area contributed by atoms with E-state index in [1.54, 1.807) is 67.8 Å². The van der Waals surface area contributed by atoms with Crippen molar-refractivity contribution >= 4 is 23.2 Å². The van der Waals surface area contributed by atoms with E-state index in [0.29, 0.717) is 34.9 Å². The number of carbonyl (C=O) groups is 2. The van der Waals surface area contributed by atoms with Crippen molar-refractivity contribution < 1.29 is 19.1 Å². The number of hydrogen-bond donors (Lipinski definition) is 2. The largest absolute Gasteiger partial charge is 0.495 e. The molecular formula is C24H24N2O4. The van der Waals surface area contributed by atoms with Crippen LogP contribution in [-0.2, 0) is 0 Å². The van der Waals surface area contributed by atoms with E-state index in [0.717, 1.165) is 12.2 Å². The van der Waals surface area contributed by atoms with Gasteiger partial charge >= 0.3 is 0 Å². The minimum absolute atomic E-state index is 0.233. The summed E-state index contributed by atoms with van der Waals surface area (Å²) in [5.41, 5.74) is 2.18. The van der Waals surface area contributed by atoms with Crippen molar-refractivity contribution in [1.29, 1.82) is 0 Å². The molecule has 0 aliphatic heterocycles. The molecule has 154 valence electrons. The maximum Gasteiger partial charge on any atom is 0.255 e. The standard InChI is InChI=1S/C24H24N2O4/c1-3-16-30-20-14-10-18(11-15-20)23(27)25-19-12-8-17(9-13-19)24(28)26-21-6-4-5-7-22(21)29-2/h4-15H,3,16H2,1-2H3,(H,25,27)(H,26,28). The number of anilines is 2. The Morgan fingerprint density at radius 3 is 2.03 bits per heavy atom. The monoisotopic (exact) mass is 404 g/mol. The van der Waals surface area contributed by atoms with Crippen LogP contribution in [0.4, 0.5) is 11.4 Å². The molecule has 0 atom stereocenters. The van der Waals surface area contributed by atoms with Crippen LogP contribution in [0.1, 0.15) is 34.1 Å². The van der Waals surface area contributed by atoms with E-state index in [2.05, 4.69) is 10.6 Å². The summed E-state index contributed by atoms with van der Waals surface area (Å²) < 4.78 is 10.8. The summed E-state index contributed by atoms with van der Waals surface area (Å²) in [4.78, 5) is 24.9. The lowest BCUT2D eigenvalue weighted by Gasteiger charge is -2.10. The summed E-state index contributed by atoms with van der Waals surface area (Å²) in [7, 11) is 1.55. The second-order valence-corrected chi connectivity index (χ2v) is 6.56. The molecule has 0 bridgehead atoms. The maximum atomic E-state index is 12.5. The molecule has 2 N–H and O–H groups in total. The quantitative estimate of drug-likeness (QED) is 0.555. The van der Waals surface area contributed by atoms with Crippen LogP contribution in [0.15, 0.2) is 72.8 Å². The molecule has 0 heterocycles. The zero-order valence-corrected chi connectivity index (χ0v) is 17.0. The molecule has 6 heteroatoms. The van der Waals surface area contributed by atoms with Gasteiger partial charge in [0.15, 0.2) is 0 Å². The number of amides is 2. The molecule has 3 aromatic carbocycles. The summed E-state index contributed by atoms with van der Waals surface area (Å²) in [6.07, 6.45) is 0.926. The highest BCUT2D eigenvalue weighted by Crippen LogP contribution is 2.24. The predicted octanol–water partition coefficient (Wildman–Crippen LogP) is 4.99. The SMILES string of the molecule is CCCOc1ccc(C(=O)Nc2ccc(C(=O)Nc3ccccc3OC)cc2)cc1. The van der Waals surface area contributed by atoms with Crippen LogP contribution < -0.4 is 20.1 Å². The van der Waals surface area contributed by atoms with E-state index < -0.39 is 0 Å².